The SMILES string of the molecule is CC(C)c1ccc(NN)c(Br)c1. The quantitative estimate of drug-likeness (QED) is 0.604. The van der Waals surface area contributed by atoms with E-state index in [0.717, 1.165) is 10.2 Å². The summed E-state index contributed by atoms with van der Waals surface area (Å²) < 4.78 is 1.01. The Kier molecular flexibility index (Phi) is 3.12. The molecule has 2 nitrogen and oxygen atoms in total. The molecule has 0 saturated heterocycles. The first-order valence-corrected chi connectivity index (χ1v) is 4.70. The summed E-state index contributed by atoms with van der Waals surface area (Å²) in [6.07, 6.45) is 0. The second-order valence-corrected chi connectivity index (χ2v) is 3.89. The van der Waals surface area contributed by atoms with Crippen LogP contribution in [0.2, 0.25) is 0 Å². The van der Waals surface area contributed by atoms with E-state index in [2.05, 4.69) is 47.3 Å². The Balaban J connectivity index is 3.02. The number of rotatable bonds is 2. The van der Waals surface area contributed by atoms with Crippen molar-refractivity contribution in [3.05, 3.63) is 28.2 Å². The molecule has 0 aromatic heterocycles. The Morgan fingerprint density at radius 3 is 2.50 bits per heavy atom. The van der Waals surface area contributed by atoms with Gasteiger partial charge in [0.25, 0.3) is 0 Å². The lowest BCUT2D eigenvalue weighted by molar-refractivity contribution is 0.866. The Hall–Kier alpha value is -0.540. The van der Waals surface area contributed by atoms with Crippen LogP contribution in [-0.4, -0.2) is 0 Å². The van der Waals surface area contributed by atoms with Gasteiger partial charge in [-0.2, -0.15) is 0 Å². The lowest BCUT2D eigenvalue weighted by atomic mass is 10.0. The average Bonchev–Trinajstić information content (AvgIpc) is 2.04. The van der Waals surface area contributed by atoms with Crippen molar-refractivity contribution in [3.63, 3.8) is 0 Å². The van der Waals surface area contributed by atoms with E-state index in [1.807, 2.05) is 6.07 Å². The van der Waals surface area contributed by atoms with Crippen molar-refractivity contribution < 1.29 is 0 Å². The van der Waals surface area contributed by atoms with Gasteiger partial charge in [-0.1, -0.05) is 19.9 Å². The maximum absolute atomic E-state index is 5.30. The molecule has 0 radical (unpaired) electrons. The standard InChI is InChI=1S/C9H13BrN2/c1-6(2)7-3-4-9(12-11)8(10)5-7/h3-6,12H,11H2,1-2H3. The molecule has 1 aromatic carbocycles. The van der Waals surface area contributed by atoms with Crippen LogP contribution in [0.4, 0.5) is 5.69 Å². The molecular weight excluding hydrogens is 216 g/mol. The van der Waals surface area contributed by atoms with Gasteiger partial charge in [0.1, 0.15) is 0 Å². The van der Waals surface area contributed by atoms with Crippen molar-refractivity contribution in [1.82, 2.24) is 0 Å². The molecule has 0 atom stereocenters. The first-order chi connectivity index (χ1) is 5.65. The third-order valence-corrected chi connectivity index (χ3v) is 2.47. The Bertz CT molecular complexity index is 271. The van der Waals surface area contributed by atoms with Gasteiger partial charge in [0, 0.05) is 4.47 Å². The Morgan fingerprint density at radius 2 is 2.08 bits per heavy atom. The molecule has 0 aliphatic heterocycles. The zero-order chi connectivity index (χ0) is 9.14. The fraction of sp³-hybridized carbons (Fsp3) is 0.333. The summed E-state index contributed by atoms with van der Waals surface area (Å²) in [5.74, 6) is 5.85. The van der Waals surface area contributed by atoms with Crippen molar-refractivity contribution in [2.24, 2.45) is 5.84 Å². The molecule has 3 N–H and O–H groups in total. The van der Waals surface area contributed by atoms with Gasteiger partial charge >= 0.3 is 0 Å². The minimum atomic E-state index is 0.549. The van der Waals surface area contributed by atoms with Crippen LogP contribution >= 0.6 is 15.9 Å². The number of hydrogen-bond donors (Lipinski definition) is 2. The van der Waals surface area contributed by atoms with E-state index in [4.69, 9.17) is 5.84 Å². The van der Waals surface area contributed by atoms with Crippen molar-refractivity contribution in [1.29, 1.82) is 0 Å². The largest absolute Gasteiger partial charge is 0.323 e. The molecule has 3 heteroatoms. The predicted octanol–water partition coefficient (Wildman–Crippen LogP) is 2.86. The Morgan fingerprint density at radius 1 is 1.42 bits per heavy atom. The van der Waals surface area contributed by atoms with E-state index in [1.165, 1.54) is 5.56 Å². The number of anilines is 1. The monoisotopic (exact) mass is 228 g/mol. The number of hydrogen-bond acceptors (Lipinski definition) is 2. The van der Waals surface area contributed by atoms with Gasteiger partial charge in [0.15, 0.2) is 0 Å². The number of halogens is 1. The third-order valence-electron chi connectivity index (χ3n) is 1.82. The number of nitrogen functional groups attached to an aromatic ring is 1. The highest BCUT2D eigenvalue weighted by Crippen LogP contribution is 2.25. The first kappa shape index (κ1) is 9.55. The third kappa shape index (κ3) is 1.99. The van der Waals surface area contributed by atoms with E-state index >= 15 is 0 Å². The molecule has 0 aliphatic rings. The molecule has 66 valence electrons. The second-order valence-electron chi connectivity index (χ2n) is 3.04. The van der Waals surface area contributed by atoms with Crippen molar-refractivity contribution in [2.75, 3.05) is 5.43 Å². The van der Waals surface area contributed by atoms with Gasteiger partial charge in [-0.15, -0.1) is 0 Å². The minimum Gasteiger partial charge on any atom is -0.323 e. The van der Waals surface area contributed by atoms with Crippen LogP contribution in [0.5, 0.6) is 0 Å². The number of nitrogens with two attached hydrogens (primary N) is 1. The van der Waals surface area contributed by atoms with Crippen LogP contribution in [0.1, 0.15) is 25.3 Å². The number of nitrogens with one attached hydrogen (secondary N) is 1. The molecular formula is C9H13BrN2. The van der Waals surface area contributed by atoms with Crippen LogP contribution in [0, 0.1) is 0 Å². The van der Waals surface area contributed by atoms with Crippen molar-refractivity contribution >= 4 is 21.6 Å². The maximum Gasteiger partial charge on any atom is 0.0627 e. The summed E-state index contributed by atoms with van der Waals surface area (Å²) in [6.45, 7) is 4.33. The second kappa shape index (κ2) is 3.92. The highest BCUT2D eigenvalue weighted by atomic mass is 79.9. The molecule has 0 spiro atoms. The van der Waals surface area contributed by atoms with Gasteiger partial charge in [-0.25, -0.2) is 0 Å². The van der Waals surface area contributed by atoms with Crippen molar-refractivity contribution in [3.8, 4) is 0 Å². The fourth-order valence-corrected chi connectivity index (χ4v) is 1.52. The smallest absolute Gasteiger partial charge is 0.0627 e. The highest BCUT2D eigenvalue weighted by molar-refractivity contribution is 9.10. The molecule has 0 heterocycles. The van der Waals surface area contributed by atoms with Gasteiger partial charge in [-0.3, -0.25) is 5.84 Å². The van der Waals surface area contributed by atoms with Crippen LogP contribution < -0.4 is 11.3 Å². The molecule has 1 rings (SSSR count). The summed E-state index contributed by atoms with van der Waals surface area (Å²) >= 11 is 3.43. The number of benzene rings is 1. The van der Waals surface area contributed by atoms with E-state index < -0.39 is 0 Å². The summed E-state index contributed by atoms with van der Waals surface area (Å²) in [4.78, 5) is 0. The van der Waals surface area contributed by atoms with Gasteiger partial charge in [-0.05, 0) is 39.5 Å². The molecule has 0 bridgehead atoms. The van der Waals surface area contributed by atoms with E-state index in [9.17, 15) is 0 Å². The van der Waals surface area contributed by atoms with E-state index in [-0.39, 0.29) is 0 Å². The van der Waals surface area contributed by atoms with Gasteiger partial charge in [0.05, 0.1) is 5.69 Å². The molecule has 0 amide bonds. The summed E-state index contributed by atoms with van der Waals surface area (Å²) in [7, 11) is 0. The number of hydrazine groups is 1. The summed E-state index contributed by atoms with van der Waals surface area (Å²) in [5.41, 5.74) is 4.84. The molecule has 0 aliphatic carbocycles. The van der Waals surface area contributed by atoms with Crippen LogP contribution in [-0.2, 0) is 0 Å². The van der Waals surface area contributed by atoms with Crippen LogP contribution in [0.25, 0.3) is 0 Å². The fourth-order valence-electron chi connectivity index (χ4n) is 1.01. The van der Waals surface area contributed by atoms with E-state index in [0.29, 0.717) is 5.92 Å². The maximum atomic E-state index is 5.30. The van der Waals surface area contributed by atoms with Crippen molar-refractivity contribution in [2.45, 2.75) is 19.8 Å². The minimum absolute atomic E-state index is 0.549. The predicted molar refractivity (Wildman–Crippen MR) is 56.0 cm³/mol. The molecule has 0 saturated carbocycles. The molecule has 1 aromatic rings. The first-order valence-electron chi connectivity index (χ1n) is 3.91. The Labute approximate surface area is 81.3 Å². The molecule has 12 heavy (non-hydrogen) atoms. The highest BCUT2D eigenvalue weighted by Gasteiger charge is 2.02. The lowest BCUT2D eigenvalue weighted by Crippen LogP contribution is -2.07. The van der Waals surface area contributed by atoms with Gasteiger partial charge in [0.2, 0.25) is 0 Å². The van der Waals surface area contributed by atoms with Crippen LogP contribution in [0.15, 0.2) is 22.7 Å². The van der Waals surface area contributed by atoms with Crippen LogP contribution in [0.3, 0.4) is 0 Å². The van der Waals surface area contributed by atoms with E-state index in [1.54, 1.807) is 0 Å². The topological polar surface area (TPSA) is 38.0 Å². The normalized spacial score (nSPS) is 10.4. The van der Waals surface area contributed by atoms with Gasteiger partial charge < -0.3 is 5.43 Å². The summed E-state index contributed by atoms with van der Waals surface area (Å²) in [5, 5.41) is 0. The summed E-state index contributed by atoms with van der Waals surface area (Å²) in [6, 6.07) is 6.13. The zero-order valence-corrected chi connectivity index (χ0v) is 8.85. The average molecular weight is 229 g/mol. The molecule has 0 unspecified atom stereocenters. The zero-order valence-electron chi connectivity index (χ0n) is 7.26. The lowest BCUT2D eigenvalue weighted by Gasteiger charge is -2.08. The molecule has 0 fully saturated rings.